The summed E-state index contributed by atoms with van der Waals surface area (Å²) in [4.78, 5) is 14.3. The molecule has 0 saturated carbocycles. The average Bonchev–Trinajstić information content (AvgIpc) is 2.95. The molecule has 6 nitrogen and oxygen atoms in total. The average molecular weight is 300 g/mol. The zero-order valence-corrected chi connectivity index (χ0v) is 12.8. The molecule has 2 heterocycles. The van der Waals surface area contributed by atoms with Gasteiger partial charge in [-0.3, -0.25) is 4.79 Å². The number of ether oxygens (including phenoxy) is 1. The predicted octanol–water partition coefficient (Wildman–Crippen LogP) is 1.58. The second-order valence-corrected chi connectivity index (χ2v) is 5.75. The lowest BCUT2D eigenvalue weighted by Crippen LogP contribution is -2.48. The Morgan fingerprint density at radius 1 is 1.23 bits per heavy atom. The third kappa shape index (κ3) is 3.33. The van der Waals surface area contributed by atoms with Crippen molar-refractivity contribution in [1.82, 2.24) is 19.9 Å². The predicted molar refractivity (Wildman–Crippen MR) is 81.5 cm³/mol. The first kappa shape index (κ1) is 14.7. The SMILES string of the molecule is CC1CN(C(=O)c2cn(Cc3ccccc3)nn2)CC(C)O1. The van der Waals surface area contributed by atoms with E-state index in [2.05, 4.69) is 10.3 Å². The molecular weight excluding hydrogens is 280 g/mol. The van der Waals surface area contributed by atoms with Crippen LogP contribution in [0.2, 0.25) is 0 Å². The Balaban J connectivity index is 1.69. The number of aromatic nitrogens is 3. The first-order chi connectivity index (χ1) is 10.6. The summed E-state index contributed by atoms with van der Waals surface area (Å²) in [5.41, 5.74) is 1.51. The van der Waals surface area contributed by atoms with E-state index < -0.39 is 0 Å². The molecule has 1 saturated heterocycles. The van der Waals surface area contributed by atoms with Gasteiger partial charge in [-0.1, -0.05) is 35.5 Å². The highest BCUT2D eigenvalue weighted by Gasteiger charge is 2.28. The Morgan fingerprint density at radius 3 is 2.59 bits per heavy atom. The molecule has 0 radical (unpaired) electrons. The van der Waals surface area contributed by atoms with Crippen molar-refractivity contribution in [2.24, 2.45) is 0 Å². The van der Waals surface area contributed by atoms with Crippen molar-refractivity contribution in [2.45, 2.75) is 32.6 Å². The number of amides is 1. The van der Waals surface area contributed by atoms with E-state index in [1.54, 1.807) is 15.8 Å². The van der Waals surface area contributed by atoms with Crippen LogP contribution in [0.25, 0.3) is 0 Å². The molecule has 0 spiro atoms. The molecule has 0 bridgehead atoms. The molecule has 3 rings (SSSR count). The van der Waals surface area contributed by atoms with Crippen LogP contribution < -0.4 is 0 Å². The molecule has 1 aliphatic heterocycles. The van der Waals surface area contributed by atoms with Gasteiger partial charge < -0.3 is 9.64 Å². The molecule has 2 aromatic rings. The maximum atomic E-state index is 12.5. The fourth-order valence-electron chi connectivity index (χ4n) is 2.75. The third-order valence-electron chi connectivity index (χ3n) is 3.65. The minimum absolute atomic E-state index is 0.0482. The normalized spacial score (nSPS) is 21.8. The Labute approximate surface area is 129 Å². The Morgan fingerprint density at radius 2 is 1.91 bits per heavy atom. The van der Waals surface area contributed by atoms with Crippen molar-refractivity contribution >= 4 is 5.91 Å². The fraction of sp³-hybridized carbons (Fsp3) is 0.438. The molecule has 0 N–H and O–H groups in total. The quantitative estimate of drug-likeness (QED) is 0.863. The van der Waals surface area contributed by atoms with Gasteiger partial charge in [-0.25, -0.2) is 4.68 Å². The maximum Gasteiger partial charge on any atom is 0.276 e. The van der Waals surface area contributed by atoms with Crippen LogP contribution in [0.3, 0.4) is 0 Å². The molecule has 0 aliphatic carbocycles. The number of rotatable bonds is 3. The molecule has 22 heavy (non-hydrogen) atoms. The van der Waals surface area contributed by atoms with Gasteiger partial charge >= 0.3 is 0 Å². The number of carbonyl (C=O) groups excluding carboxylic acids is 1. The van der Waals surface area contributed by atoms with Gasteiger partial charge in [-0.15, -0.1) is 5.10 Å². The Kier molecular flexibility index (Phi) is 4.20. The molecule has 1 aliphatic rings. The summed E-state index contributed by atoms with van der Waals surface area (Å²) in [5.74, 6) is -0.0821. The van der Waals surface area contributed by atoms with E-state index in [-0.39, 0.29) is 18.1 Å². The van der Waals surface area contributed by atoms with Gasteiger partial charge in [0.1, 0.15) is 0 Å². The molecular formula is C16H20N4O2. The molecule has 1 aromatic carbocycles. The van der Waals surface area contributed by atoms with Crippen LogP contribution in [0.1, 0.15) is 29.9 Å². The minimum atomic E-state index is -0.0821. The lowest BCUT2D eigenvalue weighted by molar-refractivity contribution is -0.0587. The zero-order chi connectivity index (χ0) is 15.5. The van der Waals surface area contributed by atoms with E-state index in [1.807, 2.05) is 44.2 Å². The molecule has 116 valence electrons. The van der Waals surface area contributed by atoms with Crippen molar-refractivity contribution in [3.8, 4) is 0 Å². The molecule has 2 atom stereocenters. The van der Waals surface area contributed by atoms with Crippen molar-refractivity contribution in [2.75, 3.05) is 13.1 Å². The largest absolute Gasteiger partial charge is 0.372 e. The number of morpholine rings is 1. The Hall–Kier alpha value is -2.21. The topological polar surface area (TPSA) is 60.2 Å². The smallest absolute Gasteiger partial charge is 0.276 e. The van der Waals surface area contributed by atoms with Gasteiger partial charge in [-0.2, -0.15) is 0 Å². The van der Waals surface area contributed by atoms with Gasteiger partial charge in [0.15, 0.2) is 5.69 Å². The van der Waals surface area contributed by atoms with Crippen molar-refractivity contribution in [1.29, 1.82) is 0 Å². The lowest BCUT2D eigenvalue weighted by atomic mass is 10.2. The number of carbonyl (C=O) groups is 1. The summed E-state index contributed by atoms with van der Waals surface area (Å²) in [6.07, 6.45) is 1.80. The van der Waals surface area contributed by atoms with Crippen molar-refractivity contribution in [3.05, 3.63) is 47.8 Å². The minimum Gasteiger partial charge on any atom is -0.372 e. The zero-order valence-electron chi connectivity index (χ0n) is 12.8. The third-order valence-corrected chi connectivity index (χ3v) is 3.65. The van der Waals surface area contributed by atoms with E-state index in [1.165, 1.54) is 0 Å². The highest BCUT2D eigenvalue weighted by atomic mass is 16.5. The Bertz CT molecular complexity index is 631. The lowest BCUT2D eigenvalue weighted by Gasteiger charge is -2.34. The molecule has 1 amide bonds. The first-order valence-electron chi connectivity index (χ1n) is 7.50. The van der Waals surface area contributed by atoms with Gasteiger partial charge in [0.25, 0.3) is 5.91 Å². The van der Waals surface area contributed by atoms with Gasteiger partial charge in [-0.05, 0) is 19.4 Å². The maximum absolute atomic E-state index is 12.5. The van der Waals surface area contributed by atoms with E-state index in [0.29, 0.717) is 25.3 Å². The van der Waals surface area contributed by atoms with Crippen molar-refractivity contribution in [3.63, 3.8) is 0 Å². The molecule has 1 aromatic heterocycles. The van der Waals surface area contributed by atoms with Crippen LogP contribution in [0.15, 0.2) is 36.5 Å². The van der Waals surface area contributed by atoms with E-state index in [9.17, 15) is 4.79 Å². The number of hydrogen-bond acceptors (Lipinski definition) is 4. The summed E-state index contributed by atoms with van der Waals surface area (Å²) in [6, 6.07) is 9.98. The van der Waals surface area contributed by atoms with Crippen LogP contribution in [-0.4, -0.2) is 51.1 Å². The summed E-state index contributed by atoms with van der Waals surface area (Å²) in [7, 11) is 0. The van der Waals surface area contributed by atoms with Crippen LogP contribution in [0.4, 0.5) is 0 Å². The fourth-order valence-corrected chi connectivity index (χ4v) is 2.75. The standard InChI is InChI=1S/C16H20N4O2/c1-12-8-19(9-13(2)22-12)16(21)15-11-20(18-17-15)10-14-6-4-3-5-7-14/h3-7,11-13H,8-10H2,1-2H3. The second kappa shape index (κ2) is 6.27. The number of hydrogen-bond donors (Lipinski definition) is 0. The molecule has 1 fully saturated rings. The van der Waals surface area contributed by atoms with E-state index in [0.717, 1.165) is 5.56 Å². The van der Waals surface area contributed by atoms with Crippen LogP contribution in [-0.2, 0) is 11.3 Å². The summed E-state index contributed by atoms with van der Waals surface area (Å²) in [6.45, 7) is 5.74. The van der Waals surface area contributed by atoms with Gasteiger partial charge in [0.05, 0.1) is 24.9 Å². The van der Waals surface area contributed by atoms with E-state index >= 15 is 0 Å². The summed E-state index contributed by atoms with van der Waals surface area (Å²) in [5, 5.41) is 8.07. The first-order valence-corrected chi connectivity index (χ1v) is 7.50. The summed E-state index contributed by atoms with van der Waals surface area (Å²) >= 11 is 0. The van der Waals surface area contributed by atoms with Crippen LogP contribution >= 0.6 is 0 Å². The second-order valence-electron chi connectivity index (χ2n) is 5.75. The highest BCUT2D eigenvalue weighted by Crippen LogP contribution is 2.13. The number of benzene rings is 1. The monoisotopic (exact) mass is 300 g/mol. The van der Waals surface area contributed by atoms with Crippen LogP contribution in [0.5, 0.6) is 0 Å². The van der Waals surface area contributed by atoms with E-state index in [4.69, 9.17) is 4.74 Å². The van der Waals surface area contributed by atoms with Crippen LogP contribution in [0, 0.1) is 0 Å². The summed E-state index contributed by atoms with van der Waals surface area (Å²) < 4.78 is 7.34. The molecule has 6 heteroatoms. The highest BCUT2D eigenvalue weighted by molar-refractivity contribution is 5.92. The van der Waals surface area contributed by atoms with Gasteiger partial charge in [0, 0.05) is 13.1 Å². The van der Waals surface area contributed by atoms with Gasteiger partial charge in [0.2, 0.25) is 0 Å². The number of nitrogens with zero attached hydrogens (tertiary/aromatic N) is 4. The molecule has 2 unspecified atom stereocenters. The van der Waals surface area contributed by atoms with Crippen molar-refractivity contribution < 1.29 is 9.53 Å².